The van der Waals surface area contributed by atoms with E-state index in [-0.39, 0.29) is 11.7 Å². The monoisotopic (exact) mass is 440 g/mol. The first-order valence-electron chi connectivity index (χ1n) is 11.5. The molecular formula is C23H32N6OS. The molecule has 0 aliphatic heterocycles. The molecule has 166 valence electrons. The van der Waals surface area contributed by atoms with E-state index < -0.39 is 0 Å². The summed E-state index contributed by atoms with van der Waals surface area (Å²) in [6.07, 6.45) is 10.7. The Kier molecular flexibility index (Phi) is 6.71. The standard InChI is InChI=1S/C23H32N6OS/c1-15-16(2)28(18-11-7-8-12-18)22(20(15)13-24)25-21(30)14-31-23-27-26-17(3)29(23)19-9-5-4-6-10-19/h18-19H,4-12,14H2,1-3H3,(H,25,30). The highest BCUT2D eigenvalue weighted by Gasteiger charge is 2.27. The fourth-order valence-corrected chi connectivity index (χ4v) is 6.06. The van der Waals surface area contributed by atoms with Crippen LogP contribution in [0.25, 0.3) is 0 Å². The van der Waals surface area contributed by atoms with Crippen molar-refractivity contribution in [2.75, 3.05) is 11.1 Å². The van der Waals surface area contributed by atoms with Gasteiger partial charge >= 0.3 is 0 Å². The van der Waals surface area contributed by atoms with Crippen LogP contribution in [0, 0.1) is 32.1 Å². The minimum atomic E-state index is -0.103. The molecule has 0 unspecified atom stereocenters. The highest BCUT2D eigenvalue weighted by atomic mass is 32.2. The first kappa shape index (κ1) is 21.9. The molecule has 0 radical (unpaired) electrons. The predicted molar refractivity (Wildman–Crippen MR) is 122 cm³/mol. The zero-order valence-corrected chi connectivity index (χ0v) is 19.6. The number of aryl methyl sites for hydroxylation is 1. The third kappa shape index (κ3) is 4.38. The Balaban J connectivity index is 1.49. The van der Waals surface area contributed by atoms with E-state index in [0.717, 1.165) is 47.9 Å². The van der Waals surface area contributed by atoms with E-state index in [1.807, 2.05) is 20.8 Å². The fraction of sp³-hybridized carbons (Fsp3) is 0.652. The van der Waals surface area contributed by atoms with Gasteiger partial charge in [0.05, 0.1) is 11.3 Å². The summed E-state index contributed by atoms with van der Waals surface area (Å²) in [7, 11) is 0. The molecule has 2 heterocycles. The van der Waals surface area contributed by atoms with Crippen molar-refractivity contribution >= 4 is 23.5 Å². The predicted octanol–water partition coefficient (Wildman–Crippen LogP) is 5.23. The lowest BCUT2D eigenvalue weighted by atomic mass is 9.95. The van der Waals surface area contributed by atoms with Crippen molar-refractivity contribution in [1.82, 2.24) is 19.3 Å². The second kappa shape index (κ2) is 9.47. The van der Waals surface area contributed by atoms with Crippen molar-refractivity contribution in [3.63, 3.8) is 0 Å². The van der Waals surface area contributed by atoms with Crippen LogP contribution in [0.1, 0.15) is 92.5 Å². The number of rotatable bonds is 6. The molecule has 1 amide bonds. The molecule has 0 saturated heterocycles. The molecule has 1 N–H and O–H groups in total. The highest BCUT2D eigenvalue weighted by molar-refractivity contribution is 7.99. The van der Waals surface area contributed by atoms with Crippen molar-refractivity contribution < 1.29 is 4.79 Å². The van der Waals surface area contributed by atoms with E-state index in [2.05, 4.69) is 30.7 Å². The molecule has 8 heteroatoms. The summed E-state index contributed by atoms with van der Waals surface area (Å²) in [5.41, 5.74) is 2.63. The Morgan fingerprint density at radius 3 is 2.29 bits per heavy atom. The van der Waals surface area contributed by atoms with Crippen LogP contribution >= 0.6 is 11.8 Å². The van der Waals surface area contributed by atoms with Crippen molar-refractivity contribution in [2.45, 2.75) is 95.8 Å². The summed E-state index contributed by atoms with van der Waals surface area (Å²) in [5.74, 6) is 1.74. The fourth-order valence-electron chi connectivity index (χ4n) is 5.21. The zero-order chi connectivity index (χ0) is 22.0. The number of carbonyl (C=O) groups excluding carboxylic acids is 1. The average molecular weight is 441 g/mol. The normalized spacial score (nSPS) is 17.7. The number of thioether (sulfide) groups is 1. The van der Waals surface area contributed by atoms with Crippen LogP contribution < -0.4 is 5.32 Å². The van der Waals surface area contributed by atoms with Gasteiger partial charge in [0.25, 0.3) is 0 Å². The molecule has 2 aromatic rings. The SMILES string of the molecule is Cc1c(C#N)c(NC(=O)CSc2nnc(C)n2C2CCCCC2)n(C2CCCC2)c1C. The zero-order valence-electron chi connectivity index (χ0n) is 18.8. The molecule has 0 atom stereocenters. The summed E-state index contributed by atoms with van der Waals surface area (Å²) in [6, 6.07) is 3.11. The lowest BCUT2D eigenvalue weighted by Crippen LogP contribution is -2.20. The minimum absolute atomic E-state index is 0.103. The first-order chi connectivity index (χ1) is 15.0. The van der Waals surface area contributed by atoms with Gasteiger partial charge in [-0.15, -0.1) is 10.2 Å². The van der Waals surface area contributed by atoms with E-state index in [1.165, 1.54) is 43.9 Å². The molecule has 4 rings (SSSR count). The maximum atomic E-state index is 12.9. The van der Waals surface area contributed by atoms with Crippen LogP contribution in [-0.4, -0.2) is 31.0 Å². The number of nitrogens with zero attached hydrogens (tertiary/aromatic N) is 5. The van der Waals surface area contributed by atoms with Gasteiger partial charge in [0, 0.05) is 17.8 Å². The number of amides is 1. The summed E-state index contributed by atoms with van der Waals surface area (Å²) < 4.78 is 4.41. The summed E-state index contributed by atoms with van der Waals surface area (Å²) in [5, 5.41) is 22.2. The Hall–Kier alpha value is -2.27. The largest absolute Gasteiger partial charge is 0.327 e. The number of hydrogen-bond acceptors (Lipinski definition) is 5. The molecule has 31 heavy (non-hydrogen) atoms. The van der Waals surface area contributed by atoms with Crippen molar-refractivity contribution in [3.05, 3.63) is 22.6 Å². The van der Waals surface area contributed by atoms with Gasteiger partial charge in [-0.2, -0.15) is 5.26 Å². The lowest BCUT2D eigenvalue weighted by Gasteiger charge is -2.25. The van der Waals surface area contributed by atoms with Gasteiger partial charge in [-0.3, -0.25) is 4.79 Å². The van der Waals surface area contributed by atoms with Gasteiger partial charge in [0.1, 0.15) is 17.7 Å². The third-order valence-electron chi connectivity index (χ3n) is 6.92. The minimum Gasteiger partial charge on any atom is -0.327 e. The van der Waals surface area contributed by atoms with Gasteiger partial charge in [-0.05, 0) is 52.0 Å². The van der Waals surface area contributed by atoms with Crippen LogP contribution in [0.2, 0.25) is 0 Å². The smallest absolute Gasteiger partial charge is 0.235 e. The Bertz CT molecular complexity index is 989. The molecular weight excluding hydrogens is 408 g/mol. The highest BCUT2D eigenvalue weighted by Crippen LogP contribution is 2.38. The summed E-state index contributed by atoms with van der Waals surface area (Å²) in [6.45, 7) is 6.01. The van der Waals surface area contributed by atoms with Gasteiger partial charge < -0.3 is 14.5 Å². The first-order valence-corrected chi connectivity index (χ1v) is 12.5. The molecule has 2 fully saturated rings. The molecule has 0 aromatic carbocycles. The third-order valence-corrected chi connectivity index (χ3v) is 7.87. The number of aromatic nitrogens is 4. The van der Waals surface area contributed by atoms with E-state index >= 15 is 0 Å². The number of hydrogen-bond donors (Lipinski definition) is 1. The van der Waals surface area contributed by atoms with Gasteiger partial charge in [0.2, 0.25) is 5.91 Å². The summed E-state index contributed by atoms with van der Waals surface area (Å²) in [4.78, 5) is 12.9. The second-order valence-corrected chi connectivity index (χ2v) is 9.83. The Morgan fingerprint density at radius 1 is 1.03 bits per heavy atom. The number of carbonyl (C=O) groups is 1. The topological polar surface area (TPSA) is 88.5 Å². The van der Waals surface area contributed by atoms with Crippen molar-refractivity contribution in [3.8, 4) is 6.07 Å². The molecule has 2 aromatic heterocycles. The molecule has 0 spiro atoms. The van der Waals surface area contributed by atoms with Gasteiger partial charge in [-0.1, -0.05) is 43.9 Å². The van der Waals surface area contributed by atoms with Crippen LogP contribution in [-0.2, 0) is 4.79 Å². The van der Waals surface area contributed by atoms with E-state index in [4.69, 9.17) is 0 Å². The van der Waals surface area contributed by atoms with Crippen molar-refractivity contribution in [1.29, 1.82) is 5.26 Å². The van der Waals surface area contributed by atoms with Gasteiger partial charge in [-0.25, -0.2) is 0 Å². The molecule has 2 aliphatic carbocycles. The molecule has 0 bridgehead atoms. The quantitative estimate of drug-likeness (QED) is 0.622. The number of nitriles is 1. The van der Waals surface area contributed by atoms with Crippen LogP contribution in [0.15, 0.2) is 5.16 Å². The van der Waals surface area contributed by atoms with E-state index in [9.17, 15) is 10.1 Å². The Morgan fingerprint density at radius 2 is 1.65 bits per heavy atom. The van der Waals surface area contributed by atoms with Crippen LogP contribution in [0.3, 0.4) is 0 Å². The molecule has 2 saturated carbocycles. The Labute approximate surface area is 188 Å². The van der Waals surface area contributed by atoms with Crippen LogP contribution in [0.4, 0.5) is 5.82 Å². The maximum absolute atomic E-state index is 12.9. The number of nitrogens with one attached hydrogen (secondary N) is 1. The van der Waals surface area contributed by atoms with Crippen molar-refractivity contribution in [2.24, 2.45) is 0 Å². The maximum Gasteiger partial charge on any atom is 0.235 e. The van der Waals surface area contributed by atoms with Crippen LogP contribution in [0.5, 0.6) is 0 Å². The number of anilines is 1. The van der Waals surface area contributed by atoms with E-state index in [1.54, 1.807) is 0 Å². The van der Waals surface area contributed by atoms with E-state index in [0.29, 0.717) is 23.5 Å². The molecule has 7 nitrogen and oxygen atoms in total. The lowest BCUT2D eigenvalue weighted by molar-refractivity contribution is -0.113. The summed E-state index contributed by atoms with van der Waals surface area (Å²) >= 11 is 1.44. The average Bonchev–Trinajstić information content (AvgIpc) is 3.47. The second-order valence-electron chi connectivity index (χ2n) is 8.88. The van der Waals surface area contributed by atoms with Gasteiger partial charge in [0.15, 0.2) is 5.16 Å². The molecule has 2 aliphatic rings.